The molecule has 0 saturated carbocycles. The highest BCUT2D eigenvalue weighted by Gasteiger charge is 2.06. The average molecular weight is 258 g/mol. The number of ether oxygens (including phenoxy) is 1. The fourth-order valence-electron chi connectivity index (χ4n) is 1.56. The Kier molecular flexibility index (Phi) is 3.75. The second kappa shape index (κ2) is 5.48. The number of aromatic carboxylic acids is 1. The van der Waals surface area contributed by atoms with Crippen LogP contribution in [0.5, 0.6) is 5.75 Å². The lowest BCUT2D eigenvalue weighted by molar-refractivity contribution is 0.0690. The first-order chi connectivity index (χ1) is 9.06. The van der Waals surface area contributed by atoms with Crippen LogP contribution in [-0.2, 0) is 0 Å². The van der Waals surface area contributed by atoms with Gasteiger partial charge >= 0.3 is 5.97 Å². The molecular formula is C14H14N2O3. The van der Waals surface area contributed by atoms with E-state index in [2.05, 4.69) is 9.97 Å². The summed E-state index contributed by atoms with van der Waals surface area (Å²) in [5, 5.41) is 8.75. The van der Waals surface area contributed by atoms with Gasteiger partial charge in [0.25, 0.3) is 0 Å². The number of hydrogen-bond acceptors (Lipinski definition) is 4. The van der Waals surface area contributed by atoms with Crippen molar-refractivity contribution < 1.29 is 14.6 Å². The first-order valence-corrected chi connectivity index (χ1v) is 5.88. The quantitative estimate of drug-likeness (QED) is 0.912. The van der Waals surface area contributed by atoms with E-state index in [1.165, 1.54) is 12.4 Å². The Balaban J connectivity index is 2.19. The largest absolute Gasteiger partial charge is 0.491 e. The molecule has 1 aromatic heterocycles. The molecule has 98 valence electrons. The minimum absolute atomic E-state index is 0.0662. The van der Waals surface area contributed by atoms with Crippen LogP contribution in [0.15, 0.2) is 36.7 Å². The number of carboxylic acid groups (broad SMARTS) is 1. The van der Waals surface area contributed by atoms with E-state index < -0.39 is 5.97 Å². The third kappa shape index (κ3) is 3.28. The van der Waals surface area contributed by atoms with E-state index in [0.717, 1.165) is 11.3 Å². The minimum atomic E-state index is -1.08. The van der Waals surface area contributed by atoms with Crippen molar-refractivity contribution >= 4 is 5.97 Å². The number of benzene rings is 1. The Bertz CT molecular complexity index is 562. The summed E-state index contributed by atoms with van der Waals surface area (Å²) in [5.74, 6) is -0.298. The molecule has 0 radical (unpaired) electrons. The van der Waals surface area contributed by atoms with Crippen LogP contribution < -0.4 is 4.74 Å². The zero-order valence-corrected chi connectivity index (χ0v) is 10.7. The Morgan fingerprint density at radius 1 is 1.16 bits per heavy atom. The maximum absolute atomic E-state index is 10.7. The number of nitrogens with zero attached hydrogens (tertiary/aromatic N) is 2. The number of carbonyl (C=O) groups is 1. The molecule has 0 atom stereocenters. The first kappa shape index (κ1) is 13.0. The zero-order chi connectivity index (χ0) is 13.8. The van der Waals surface area contributed by atoms with Gasteiger partial charge in [-0.1, -0.05) is 0 Å². The SMILES string of the molecule is CC(C)Oc1ccc(-c2cnc(C(=O)O)cn2)cc1. The van der Waals surface area contributed by atoms with Crippen molar-refractivity contribution in [1.29, 1.82) is 0 Å². The highest BCUT2D eigenvalue weighted by atomic mass is 16.5. The van der Waals surface area contributed by atoms with Crippen molar-refractivity contribution in [2.24, 2.45) is 0 Å². The van der Waals surface area contributed by atoms with Crippen molar-refractivity contribution in [3.05, 3.63) is 42.4 Å². The predicted octanol–water partition coefficient (Wildman–Crippen LogP) is 2.63. The molecule has 1 aromatic carbocycles. The monoisotopic (exact) mass is 258 g/mol. The predicted molar refractivity (Wildman–Crippen MR) is 70.2 cm³/mol. The molecule has 2 rings (SSSR count). The van der Waals surface area contributed by atoms with Crippen molar-refractivity contribution in [2.75, 3.05) is 0 Å². The topological polar surface area (TPSA) is 72.3 Å². The molecule has 0 amide bonds. The van der Waals surface area contributed by atoms with E-state index in [-0.39, 0.29) is 11.8 Å². The Morgan fingerprint density at radius 2 is 1.84 bits per heavy atom. The standard InChI is InChI=1S/C14H14N2O3/c1-9(2)19-11-5-3-10(4-6-11)12-7-16-13(8-15-12)14(17)18/h3-9H,1-2H3,(H,17,18). The van der Waals surface area contributed by atoms with Crippen LogP contribution in [0.1, 0.15) is 24.3 Å². The van der Waals surface area contributed by atoms with Gasteiger partial charge in [-0.3, -0.25) is 4.98 Å². The smallest absolute Gasteiger partial charge is 0.356 e. The summed E-state index contributed by atoms with van der Waals surface area (Å²) < 4.78 is 5.54. The maximum atomic E-state index is 10.7. The van der Waals surface area contributed by atoms with E-state index in [9.17, 15) is 4.79 Å². The molecular weight excluding hydrogens is 244 g/mol. The second-order valence-electron chi connectivity index (χ2n) is 4.28. The molecule has 1 heterocycles. The summed E-state index contributed by atoms with van der Waals surface area (Å²) in [6.07, 6.45) is 2.82. The van der Waals surface area contributed by atoms with Gasteiger partial charge in [0.15, 0.2) is 5.69 Å². The van der Waals surface area contributed by atoms with Gasteiger partial charge in [0.2, 0.25) is 0 Å². The normalized spacial score (nSPS) is 10.5. The summed E-state index contributed by atoms with van der Waals surface area (Å²) in [7, 11) is 0. The summed E-state index contributed by atoms with van der Waals surface area (Å²) in [5.41, 5.74) is 1.42. The average Bonchev–Trinajstić information content (AvgIpc) is 2.39. The van der Waals surface area contributed by atoms with E-state index in [4.69, 9.17) is 9.84 Å². The Labute approximate surface area is 110 Å². The van der Waals surface area contributed by atoms with Crippen LogP contribution in [0.2, 0.25) is 0 Å². The molecule has 1 N–H and O–H groups in total. The van der Waals surface area contributed by atoms with Crippen molar-refractivity contribution in [3.63, 3.8) is 0 Å². The van der Waals surface area contributed by atoms with Crippen LogP contribution in [0.4, 0.5) is 0 Å². The van der Waals surface area contributed by atoms with E-state index in [1.807, 2.05) is 38.1 Å². The number of aromatic nitrogens is 2. The molecule has 0 bridgehead atoms. The molecule has 0 unspecified atom stereocenters. The van der Waals surface area contributed by atoms with E-state index in [0.29, 0.717) is 5.69 Å². The van der Waals surface area contributed by atoms with Gasteiger partial charge in [-0.05, 0) is 38.1 Å². The highest BCUT2D eigenvalue weighted by molar-refractivity contribution is 5.85. The molecule has 2 aromatic rings. The number of carboxylic acids is 1. The van der Waals surface area contributed by atoms with Crippen LogP contribution in [0.25, 0.3) is 11.3 Å². The molecule has 5 heteroatoms. The maximum Gasteiger partial charge on any atom is 0.356 e. The van der Waals surface area contributed by atoms with Crippen molar-refractivity contribution in [3.8, 4) is 17.0 Å². The fourth-order valence-corrected chi connectivity index (χ4v) is 1.56. The Morgan fingerprint density at radius 3 is 2.32 bits per heavy atom. The van der Waals surface area contributed by atoms with Gasteiger partial charge in [-0.15, -0.1) is 0 Å². The van der Waals surface area contributed by atoms with Crippen LogP contribution in [-0.4, -0.2) is 27.1 Å². The van der Waals surface area contributed by atoms with Crippen LogP contribution in [0.3, 0.4) is 0 Å². The minimum Gasteiger partial charge on any atom is -0.491 e. The number of rotatable bonds is 4. The molecule has 0 spiro atoms. The molecule has 0 aliphatic rings. The second-order valence-corrected chi connectivity index (χ2v) is 4.28. The van der Waals surface area contributed by atoms with Crippen LogP contribution >= 0.6 is 0 Å². The Hall–Kier alpha value is -2.43. The highest BCUT2D eigenvalue weighted by Crippen LogP contribution is 2.20. The summed E-state index contributed by atoms with van der Waals surface area (Å²) in [4.78, 5) is 18.6. The first-order valence-electron chi connectivity index (χ1n) is 5.88. The van der Waals surface area contributed by atoms with Crippen molar-refractivity contribution in [2.45, 2.75) is 20.0 Å². The molecule has 0 fully saturated rings. The third-order valence-corrected chi connectivity index (χ3v) is 2.39. The fraction of sp³-hybridized carbons (Fsp3) is 0.214. The van der Waals surface area contributed by atoms with Gasteiger partial charge in [0.05, 0.1) is 24.2 Å². The lowest BCUT2D eigenvalue weighted by Gasteiger charge is -2.09. The van der Waals surface area contributed by atoms with Gasteiger partial charge < -0.3 is 9.84 Å². The van der Waals surface area contributed by atoms with Crippen LogP contribution in [0, 0.1) is 0 Å². The zero-order valence-electron chi connectivity index (χ0n) is 10.7. The van der Waals surface area contributed by atoms with Crippen molar-refractivity contribution in [1.82, 2.24) is 9.97 Å². The summed E-state index contributed by atoms with van der Waals surface area (Å²) in [6, 6.07) is 7.43. The lowest BCUT2D eigenvalue weighted by Crippen LogP contribution is -2.05. The van der Waals surface area contributed by atoms with E-state index >= 15 is 0 Å². The molecule has 19 heavy (non-hydrogen) atoms. The summed E-state index contributed by atoms with van der Waals surface area (Å²) >= 11 is 0. The van der Waals surface area contributed by atoms with Gasteiger partial charge in [-0.2, -0.15) is 0 Å². The number of hydrogen-bond donors (Lipinski definition) is 1. The molecule has 0 aliphatic carbocycles. The summed E-state index contributed by atoms with van der Waals surface area (Å²) in [6.45, 7) is 3.92. The third-order valence-electron chi connectivity index (χ3n) is 2.39. The lowest BCUT2D eigenvalue weighted by atomic mass is 10.1. The van der Waals surface area contributed by atoms with Gasteiger partial charge in [-0.25, -0.2) is 9.78 Å². The molecule has 0 aliphatic heterocycles. The molecule has 0 saturated heterocycles. The molecule has 5 nitrogen and oxygen atoms in total. The van der Waals surface area contributed by atoms with Gasteiger partial charge in [0, 0.05) is 5.56 Å². The van der Waals surface area contributed by atoms with Gasteiger partial charge in [0.1, 0.15) is 5.75 Å². The van der Waals surface area contributed by atoms with E-state index in [1.54, 1.807) is 0 Å².